The summed E-state index contributed by atoms with van der Waals surface area (Å²) in [5, 5.41) is 6.39. The number of carbonyl (C=O) groups excluding carboxylic acids is 1. The Labute approximate surface area is 111 Å². The molecule has 18 heavy (non-hydrogen) atoms. The second kappa shape index (κ2) is 8.48. The van der Waals surface area contributed by atoms with E-state index in [1.807, 2.05) is 6.92 Å². The molecule has 0 bridgehead atoms. The van der Waals surface area contributed by atoms with Gasteiger partial charge in [0.2, 0.25) is 5.91 Å². The van der Waals surface area contributed by atoms with Crippen LogP contribution in [0, 0.1) is 0 Å². The molecule has 1 saturated heterocycles. The molecule has 1 aliphatic rings. The summed E-state index contributed by atoms with van der Waals surface area (Å²) in [6.45, 7) is 10.6. The Morgan fingerprint density at radius 1 is 1.28 bits per heavy atom. The monoisotopic (exact) mass is 255 g/mol. The largest absolute Gasteiger partial charge is 0.355 e. The quantitative estimate of drug-likeness (QED) is 0.722. The van der Waals surface area contributed by atoms with E-state index in [0.29, 0.717) is 6.04 Å². The van der Waals surface area contributed by atoms with Gasteiger partial charge in [0, 0.05) is 12.6 Å². The molecule has 0 aliphatic carbocycles. The van der Waals surface area contributed by atoms with E-state index < -0.39 is 0 Å². The van der Waals surface area contributed by atoms with E-state index in [2.05, 4.69) is 29.4 Å². The highest BCUT2D eigenvalue weighted by Crippen LogP contribution is 2.11. The molecule has 1 atom stereocenters. The number of hydrogen-bond donors (Lipinski definition) is 2. The van der Waals surface area contributed by atoms with Crippen molar-refractivity contribution in [2.24, 2.45) is 0 Å². The first kappa shape index (κ1) is 15.4. The van der Waals surface area contributed by atoms with Gasteiger partial charge in [-0.25, -0.2) is 0 Å². The van der Waals surface area contributed by atoms with Gasteiger partial charge in [-0.15, -0.1) is 0 Å². The van der Waals surface area contributed by atoms with E-state index in [-0.39, 0.29) is 11.9 Å². The summed E-state index contributed by atoms with van der Waals surface area (Å²) in [5.41, 5.74) is 0. The van der Waals surface area contributed by atoms with Crippen LogP contribution in [0.1, 0.15) is 46.5 Å². The third-order valence-corrected chi connectivity index (χ3v) is 3.56. The van der Waals surface area contributed by atoms with Crippen molar-refractivity contribution in [2.75, 3.05) is 26.2 Å². The molecular weight excluding hydrogens is 226 g/mol. The molecule has 1 unspecified atom stereocenters. The average molecular weight is 255 g/mol. The van der Waals surface area contributed by atoms with Gasteiger partial charge in [0.05, 0.1) is 6.04 Å². The Bertz CT molecular complexity index is 237. The summed E-state index contributed by atoms with van der Waals surface area (Å²) in [6.07, 6.45) is 4.54. The normalized spacial score (nSPS) is 19.7. The van der Waals surface area contributed by atoms with Crippen molar-refractivity contribution < 1.29 is 4.79 Å². The van der Waals surface area contributed by atoms with Crippen LogP contribution in [0.2, 0.25) is 0 Å². The van der Waals surface area contributed by atoms with Crippen LogP contribution in [0.25, 0.3) is 0 Å². The van der Waals surface area contributed by atoms with E-state index in [1.165, 1.54) is 13.0 Å². The van der Waals surface area contributed by atoms with Crippen LogP contribution in [-0.2, 0) is 4.79 Å². The SMILES string of the molecule is CCCNC(=O)C(C)NC1CCN(CCC)CC1. The van der Waals surface area contributed by atoms with Gasteiger partial charge in [-0.2, -0.15) is 0 Å². The fraction of sp³-hybridized carbons (Fsp3) is 0.929. The third-order valence-electron chi connectivity index (χ3n) is 3.56. The number of nitrogens with zero attached hydrogens (tertiary/aromatic N) is 1. The van der Waals surface area contributed by atoms with Gasteiger partial charge < -0.3 is 15.5 Å². The van der Waals surface area contributed by atoms with E-state index in [1.54, 1.807) is 0 Å². The Kier molecular flexibility index (Phi) is 7.28. The molecule has 0 aromatic carbocycles. The van der Waals surface area contributed by atoms with Crippen molar-refractivity contribution in [3.8, 4) is 0 Å². The second-order valence-electron chi connectivity index (χ2n) is 5.30. The fourth-order valence-electron chi connectivity index (χ4n) is 2.47. The van der Waals surface area contributed by atoms with Crippen LogP contribution in [-0.4, -0.2) is 49.1 Å². The summed E-state index contributed by atoms with van der Waals surface area (Å²) in [6, 6.07) is 0.430. The molecule has 2 N–H and O–H groups in total. The molecular formula is C14H29N3O. The highest BCUT2D eigenvalue weighted by Gasteiger charge is 2.22. The first-order chi connectivity index (χ1) is 8.67. The van der Waals surface area contributed by atoms with Crippen LogP contribution in [0.4, 0.5) is 0 Å². The first-order valence-electron chi connectivity index (χ1n) is 7.43. The first-order valence-corrected chi connectivity index (χ1v) is 7.43. The lowest BCUT2D eigenvalue weighted by Gasteiger charge is -2.33. The molecule has 0 aromatic heterocycles. The van der Waals surface area contributed by atoms with E-state index in [4.69, 9.17) is 0 Å². The average Bonchev–Trinajstić information content (AvgIpc) is 2.38. The number of piperidine rings is 1. The molecule has 1 aliphatic heterocycles. The standard InChI is InChI=1S/C14H29N3O/c1-4-8-15-14(18)12(3)16-13-6-10-17(9-5-2)11-7-13/h12-13,16H,4-11H2,1-3H3,(H,15,18). The molecule has 0 saturated carbocycles. The van der Waals surface area contributed by atoms with Gasteiger partial charge >= 0.3 is 0 Å². The van der Waals surface area contributed by atoms with E-state index >= 15 is 0 Å². The number of carbonyl (C=O) groups is 1. The number of rotatable bonds is 7. The Morgan fingerprint density at radius 2 is 1.94 bits per heavy atom. The summed E-state index contributed by atoms with van der Waals surface area (Å²) in [7, 11) is 0. The van der Waals surface area contributed by atoms with Crippen molar-refractivity contribution in [1.82, 2.24) is 15.5 Å². The molecule has 0 spiro atoms. The van der Waals surface area contributed by atoms with Crippen molar-refractivity contribution >= 4 is 5.91 Å². The zero-order valence-electron chi connectivity index (χ0n) is 12.2. The van der Waals surface area contributed by atoms with Crippen molar-refractivity contribution in [3.05, 3.63) is 0 Å². The lowest BCUT2D eigenvalue weighted by Crippen LogP contribution is -2.50. The van der Waals surface area contributed by atoms with Crippen molar-refractivity contribution in [1.29, 1.82) is 0 Å². The highest BCUT2D eigenvalue weighted by atomic mass is 16.2. The zero-order valence-corrected chi connectivity index (χ0v) is 12.2. The Balaban J connectivity index is 2.21. The predicted octanol–water partition coefficient (Wildman–Crippen LogP) is 1.37. The van der Waals surface area contributed by atoms with Crippen LogP contribution in [0.15, 0.2) is 0 Å². The molecule has 1 rings (SSSR count). The van der Waals surface area contributed by atoms with Gasteiger partial charge in [0.1, 0.15) is 0 Å². The lowest BCUT2D eigenvalue weighted by atomic mass is 10.0. The third kappa shape index (κ3) is 5.36. The molecule has 4 heteroatoms. The van der Waals surface area contributed by atoms with Gasteiger partial charge in [-0.1, -0.05) is 13.8 Å². The zero-order chi connectivity index (χ0) is 13.4. The number of likely N-dealkylation sites (tertiary alicyclic amines) is 1. The summed E-state index contributed by atoms with van der Waals surface area (Å²) in [5.74, 6) is 0.132. The molecule has 4 nitrogen and oxygen atoms in total. The van der Waals surface area contributed by atoms with Gasteiger partial charge in [0.25, 0.3) is 0 Å². The van der Waals surface area contributed by atoms with Gasteiger partial charge in [-0.3, -0.25) is 4.79 Å². The smallest absolute Gasteiger partial charge is 0.236 e. The van der Waals surface area contributed by atoms with Crippen LogP contribution in [0.3, 0.4) is 0 Å². The molecule has 1 fully saturated rings. The van der Waals surface area contributed by atoms with Crippen molar-refractivity contribution in [3.63, 3.8) is 0 Å². The highest BCUT2D eigenvalue weighted by molar-refractivity contribution is 5.81. The summed E-state index contributed by atoms with van der Waals surface area (Å²) in [4.78, 5) is 14.3. The van der Waals surface area contributed by atoms with Crippen LogP contribution in [0.5, 0.6) is 0 Å². The lowest BCUT2D eigenvalue weighted by molar-refractivity contribution is -0.123. The van der Waals surface area contributed by atoms with Gasteiger partial charge in [0.15, 0.2) is 0 Å². The molecule has 1 amide bonds. The minimum atomic E-state index is -0.0701. The number of amides is 1. The molecule has 0 aromatic rings. The number of nitrogens with one attached hydrogen (secondary N) is 2. The predicted molar refractivity (Wildman–Crippen MR) is 75.7 cm³/mol. The van der Waals surface area contributed by atoms with E-state index in [9.17, 15) is 4.79 Å². The molecule has 0 radical (unpaired) electrons. The van der Waals surface area contributed by atoms with Crippen LogP contribution >= 0.6 is 0 Å². The minimum Gasteiger partial charge on any atom is -0.355 e. The van der Waals surface area contributed by atoms with Gasteiger partial charge in [-0.05, 0) is 52.2 Å². The van der Waals surface area contributed by atoms with Crippen LogP contribution < -0.4 is 10.6 Å². The fourth-order valence-corrected chi connectivity index (χ4v) is 2.47. The molecule has 1 heterocycles. The molecule has 106 valence electrons. The second-order valence-corrected chi connectivity index (χ2v) is 5.30. The Hall–Kier alpha value is -0.610. The maximum absolute atomic E-state index is 11.8. The van der Waals surface area contributed by atoms with Crippen molar-refractivity contribution in [2.45, 2.75) is 58.5 Å². The van der Waals surface area contributed by atoms with E-state index in [0.717, 1.165) is 38.9 Å². The maximum atomic E-state index is 11.8. The number of hydrogen-bond acceptors (Lipinski definition) is 3. The topological polar surface area (TPSA) is 44.4 Å². The summed E-state index contributed by atoms with van der Waals surface area (Å²) < 4.78 is 0. The maximum Gasteiger partial charge on any atom is 0.236 e. The summed E-state index contributed by atoms with van der Waals surface area (Å²) >= 11 is 0. The Morgan fingerprint density at radius 3 is 2.50 bits per heavy atom. The minimum absolute atomic E-state index is 0.0701.